The third-order valence-corrected chi connectivity index (χ3v) is 28.5. The summed E-state index contributed by atoms with van der Waals surface area (Å²) in [5.41, 5.74) is 28.5. The first-order valence-corrected chi connectivity index (χ1v) is 48.1. The van der Waals surface area contributed by atoms with Crippen molar-refractivity contribution in [3.05, 3.63) is 504 Å². The summed E-state index contributed by atoms with van der Waals surface area (Å²) in [6, 6.07) is 175. The lowest BCUT2D eigenvalue weighted by atomic mass is 9.90. The fraction of sp³-hybridized carbons (Fsp3) is 0. The first-order chi connectivity index (χ1) is 69.9. The number of fused-ring (bicyclic) bond motifs is 26. The van der Waals surface area contributed by atoms with E-state index in [9.17, 15) is 0 Å². The molecule has 654 valence electrons. The molecule has 0 fully saturated rings. The zero-order valence-electron chi connectivity index (χ0n) is 76.6. The topological polar surface area (TPSA) is 80.6 Å². The number of rotatable bonds is 10. The minimum atomic E-state index is 0.924. The molecule has 0 aliphatic rings. The van der Waals surface area contributed by atoms with E-state index < -0.39 is 0 Å². The second-order valence-electron chi connectivity index (χ2n) is 36.6. The molecule has 0 aliphatic carbocycles. The molecule has 6 aromatic heterocycles. The lowest BCUT2D eigenvalue weighted by Crippen LogP contribution is -2.09. The van der Waals surface area contributed by atoms with E-state index in [0.717, 1.165) is 121 Å². The second-order valence-corrected chi connectivity index (χ2v) is 36.6. The zero-order chi connectivity index (χ0) is 93.0. The van der Waals surface area contributed by atoms with Gasteiger partial charge in [-0.15, -0.1) is 0 Å². The summed E-state index contributed by atoms with van der Waals surface area (Å²) >= 11 is 0. The number of pyridine rings is 6. The van der Waals surface area contributed by atoms with Gasteiger partial charge in [-0.2, -0.15) is 0 Å². The van der Waals surface area contributed by atoms with Gasteiger partial charge in [0, 0.05) is 101 Å². The van der Waals surface area contributed by atoms with E-state index in [2.05, 4.69) is 472 Å². The average Bonchev–Trinajstić information content (AvgIpc) is 0.750. The molecular formula is C134H83N7. The van der Waals surface area contributed by atoms with Crippen LogP contribution < -0.4 is 4.90 Å². The molecule has 0 N–H and O–H groups in total. The van der Waals surface area contributed by atoms with Crippen LogP contribution in [0.4, 0.5) is 17.1 Å². The van der Waals surface area contributed by atoms with Crippen LogP contribution in [-0.2, 0) is 0 Å². The Labute approximate surface area is 812 Å². The predicted octanol–water partition coefficient (Wildman–Crippen LogP) is 36.2. The number of nitrogens with zero attached hydrogens (tertiary/aromatic N) is 7. The Bertz CT molecular complexity index is 9980. The van der Waals surface area contributed by atoms with Crippen molar-refractivity contribution < 1.29 is 0 Å². The van der Waals surface area contributed by atoms with Crippen LogP contribution in [0.2, 0.25) is 0 Å². The SMILES string of the molecule is c1cc(-c2ccc3c4ccccc4c4ccccc4c3c2)cc(-c2c3ccccc3nc3c2ccc2cccnc23)c1.c1ccc(-c2ccc(N(c3ccc(-c4ccccc4)cc3)c3ccc(-c4c5ccccc5nc5c4ccc4cccnc45)cc3)cc2)cc1.c1cnc2c(c1)ccc1c(-c3ccc4cc5cc(-c6ccc7c8ccccc8c8ccccc8c7c6)ccc5cc4c3)c3ccccc3nc12. The standard InChI is InChI=1S/C48H28N2.C46H31N3.C40H24N2/c1-2-11-39-37(9-1)38-10-3-4-12-40(38)44-28-33(20-21-41(39)44)30-15-16-31-26-36-27-34(18-17-32(36)25-35(31)24-30)46-42-13-5-6-14-45(42)50-48-43(46)22-19-29-8-7-23-49-47(29)48;1-3-10-32(11-4-1)34-17-24-38(25-18-34)49(39-26-19-35(20-27-39)33-12-5-2-6-13-33)40-28-21-36(22-29-40)44-41-15-7-8-16-43(41)48-46-42(44)30-23-37-14-9-31-47-45(37)46;1-2-14-31-29(12-1)30-13-3-4-15-32(30)36-24-27(19-20-33(31)36)26-9-7-10-28(23-26)38-34-16-5-6-17-37(34)42-40-35(38)21-18-25-11-8-22-41-39(25)40/h1-28H;1-31H;1-24H. The van der Waals surface area contributed by atoms with Crippen molar-refractivity contribution in [1.29, 1.82) is 0 Å². The monoisotopic (exact) mass is 1790 g/mol. The molecule has 0 spiro atoms. The van der Waals surface area contributed by atoms with E-state index in [4.69, 9.17) is 29.9 Å². The smallest absolute Gasteiger partial charge is 0.0978 e. The quantitative estimate of drug-likeness (QED) is 0.0997. The molecule has 0 atom stereocenters. The lowest BCUT2D eigenvalue weighted by Gasteiger charge is -2.26. The highest BCUT2D eigenvalue weighted by Crippen LogP contribution is 2.48. The molecule has 0 unspecified atom stereocenters. The van der Waals surface area contributed by atoms with E-state index >= 15 is 0 Å². The zero-order valence-corrected chi connectivity index (χ0v) is 76.6. The van der Waals surface area contributed by atoms with Gasteiger partial charge in [0.1, 0.15) is 0 Å². The molecule has 141 heavy (non-hydrogen) atoms. The molecule has 0 saturated carbocycles. The number of aromatic nitrogens is 6. The normalized spacial score (nSPS) is 11.7. The summed E-state index contributed by atoms with van der Waals surface area (Å²) in [7, 11) is 0. The Balaban J connectivity index is 0.000000106. The highest BCUT2D eigenvalue weighted by Gasteiger charge is 2.23. The van der Waals surface area contributed by atoms with Crippen molar-refractivity contribution in [2.24, 2.45) is 0 Å². The fourth-order valence-corrected chi connectivity index (χ4v) is 21.9. The summed E-state index contributed by atoms with van der Waals surface area (Å²) in [4.78, 5) is 31.8. The highest BCUT2D eigenvalue weighted by atomic mass is 15.1. The number of hydrogen-bond donors (Lipinski definition) is 0. The summed E-state index contributed by atoms with van der Waals surface area (Å²) in [6.07, 6.45) is 5.56. The molecule has 0 bridgehead atoms. The molecule has 23 aromatic carbocycles. The Morgan fingerprint density at radius 2 is 0.383 bits per heavy atom. The number of benzene rings is 23. The third-order valence-electron chi connectivity index (χ3n) is 28.5. The molecule has 6 heterocycles. The van der Waals surface area contributed by atoms with Gasteiger partial charge in [0.05, 0.1) is 49.7 Å². The molecule has 0 aliphatic heterocycles. The predicted molar refractivity (Wildman–Crippen MR) is 596 cm³/mol. The van der Waals surface area contributed by atoms with Crippen LogP contribution >= 0.6 is 0 Å². The number of anilines is 3. The molecule has 7 nitrogen and oxygen atoms in total. The first-order valence-electron chi connectivity index (χ1n) is 48.1. The maximum absolute atomic E-state index is 5.11. The Morgan fingerprint density at radius 3 is 0.773 bits per heavy atom. The van der Waals surface area contributed by atoms with E-state index in [1.165, 1.54) is 159 Å². The summed E-state index contributed by atoms with van der Waals surface area (Å²) in [5.74, 6) is 0. The van der Waals surface area contributed by atoms with Crippen LogP contribution in [0.5, 0.6) is 0 Å². The largest absolute Gasteiger partial charge is 0.311 e. The van der Waals surface area contributed by atoms with Gasteiger partial charge < -0.3 is 4.90 Å². The van der Waals surface area contributed by atoms with Crippen LogP contribution in [0.1, 0.15) is 0 Å². The minimum Gasteiger partial charge on any atom is -0.311 e. The second kappa shape index (κ2) is 34.2. The third kappa shape index (κ3) is 14.4. The van der Waals surface area contributed by atoms with Gasteiger partial charge in [-0.3, -0.25) is 15.0 Å². The van der Waals surface area contributed by atoms with Crippen molar-refractivity contribution in [3.8, 4) is 77.9 Å². The van der Waals surface area contributed by atoms with E-state index in [1.54, 1.807) is 0 Å². The van der Waals surface area contributed by atoms with Crippen LogP contribution in [0.25, 0.3) is 262 Å². The highest BCUT2D eigenvalue weighted by molar-refractivity contribution is 6.28. The van der Waals surface area contributed by atoms with Crippen LogP contribution in [-0.4, -0.2) is 29.9 Å². The van der Waals surface area contributed by atoms with Crippen molar-refractivity contribution in [2.75, 3.05) is 4.90 Å². The fourth-order valence-electron chi connectivity index (χ4n) is 21.9. The Morgan fingerprint density at radius 1 is 0.128 bits per heavy atom. The van der Waals surface area contributed by atoms with Crippen molar-refractivity contribution in [2.45, 2.75) is 0 Å². The van der Waals surface area contributed by atoms with Gasteiger partial charge in [0.2, 0.25) is 0 Å². The summed E-state index contributed by atoms with van der Waals surface area (Å²) in [6.45, 7) is 0. The van der Waals surface area contributed by atoms with Gasteiger partial charge in [0.15, 0.2) is 0 Å². The van der Waals surface area contributed by atoms with Gasteiger partial charge in [-0.1, -0.05) is 370 Å². The van der Waals surface area contributed by atoms with E-state index in [-0.39, 0.29) is 0 Å². The van der Waals surface area contributed by atoms with Gasteiger partial charge in [0.25, 0.3) is 0 Å². The first kappa shape index (κ1) is 81.7. The maximum atomic E-state index is 5.11. The Hall–Kier alpha value is -18.8. The lowest BCUT2D eigenvalue weighted by molar-refractivity contribution is 1.28. The van der Waals surface area contributed by atoms with E-state index in [0.29, 0.717) is 0 Å². The molecule has 29 rings (SSSR count). The summed E-state index contributed by atoms with van der Waals surface area (Å²) < 4.78 is 0. The molecule has 0 amide bonds. The molecular weight excluding hydrogens is 1710 g/mol. The molecule has 7 heteroatoms. The maximum Gasteiger partial charge on any atom is 0.0978 e. The van der Waals surface area contributed by atoms with Gasteiger partial charge in [-0.05, 0) is 263 Å². The molecule has 0 saturated heterocycles. The minimum absolute atomic E-state index is 0.924. The average molecular weight is 1790 g/mol. The van der Waals surface area contributed by atoms with Crippen LogP contribution in [0.15, 0.2) is 504 Å². The van der Waals surface area contributed by atoms with E-state index in [1.807, 2.05) is 36.8 Å². The van der Waals surface area contributed by atoms with Gasteiger partial charge in [-0.25, -0.2) is 15.0 Å². The molecule has 0 radical (unpaired) electrons. The number of para-hydroxylation sites is 3. The van der Waals surface area contributed by atoms with Crippen molar-refractivity contribution >= 4 is 201 Å². The Kier molecular flexibility index (Phi) is 19.8. The number of hydrogen-bond acceptors (Lipinski definition) is 7. The van der Waals surface area contributed by atoms with Crippen molar-refractivity contribution in [1.82, 2.24) is 29.9 Å². The van der Waals surface area contributed by atoms with Crippen LogP contribution in [0, 0.1) is 0 Å². The van der Waals surface area contributed by atoms with Gasteiger partial charge >= 0.3 is 0 Å². The summed E-state index contributed by atoms with van der Waals surface area (Å²) in [5, 5.41) is 30.5. The van der Waals surface area contributed by atoms with Crippen molar-refractivity contribution in [3.63, 3.8) is 0 Å². The molecule has 29 aromatic rings. The van der Waals surface area contributed by atoms with Crippen LogP contribution in [0.3, 0.4) is 0 Å².